The van der Waals surface area contributed by atoms with Crippen LogP contribution < -0.4 is 10.6 Å². The molecule has 2 heterocycles. The quantitative estimate of drug-likeness (QED) is 0.380. The maximum Gasteiger partial charge on any atom is 0.411 e. The molecule has 4 aromatic rings. The molecule has 35 heavy (non-hydrogen) atoms. The van der Waals surface area contributed by atoms with Crippen molar-refractivity contribution in [2.45, 2.75) is 5.92 Å². The zero-order valence-corrected chi connectivity index (χ0v) is 18.5. The molecule has 0 atom stereocenters. The summed E-state index contributed by atoms with van der Waals surface area (Å²) in [5.41, 5.74) is 4.29. The lowest BCUT2D eigenvalue weighted by Crippen LogP contribution is -2.20. The van der Waals surface area contributed by atoms with Crippen molar-refractivity contribution >= 4 is 29.5 Å². The molecule has 1 aliphatic rings. The van der Waals surface area contributed by atoms with E-state index in [2.05, 4.69) is 15.7 Å². The first-order chi connectivity index (χ1) is 16.9. The first-order valence-corrected chi connectivity index (χ1v) is 10.7. The number of benzene rings is 2. The lowest BCUT2D eigenvalue weighted by atomic mass is 9.98. The average Bonchev–Trinajstić information content (AvgIpc) is 3.54. The molecule has 0 radical (unpaired) electrons. The van der Waals surface area contributed by atoms with Crippen LogP contribution in [0.1, 0.15) is 38.1 Å². The van der Waals surface area contributed by atoms with Gasteiger partial charge in [-0.15, -0.1) is 0 Å². The summed E-state index contributed by atoms with van der Waals surface area (Å²) in [4.78, 5) is 36.3. The van der Waals surface area contributed by atoms with Crippen molar-refractivity contribution in [2.75, 3.05) is 17.2 Å². The number of nitrogens with zero attached hydrogens (tertiary/aromatic N) is 2. The van der Waals surface area contributed by atoms with E-state index in [4.69, 9.17) is 14.3 Å². The number of aromatic nitrogens is 2. The highest BCUT2D eigenvalue weighted by molar-refractivity contribution is 6.07. The van der Waals surface area contributed by atoms with Gasteiger partial charge in [0.05, 0.1) is 12.0 Å². The zero-order chi connectivity index (χ0) is 24.5. The zero-order valence-electron chi connectivity index (χ0n) is 18.5. The number of rotatable bonds is 6. The van der Waals surface area contributed by atoms with E-state index in [1.54, 1.807) is 0 Å². The summed E-state index contributed by atoms with van der Waals surface area (Å²) in [5.74, 6) is -2.04. The van der Waals surface area contributed by atoms with Crippen LogP contribution in [0.25, 0.3) is 11.1 Å². The highest BCUT2D eigenvalue weighted by atomic mass is 16.5. The van der Waals surface area contributed by atoms with Gasteiger partial charge in [-0.1, -0.05) is 48.5 Å². The third-order valence-electron chi connectivity index (χ3n) is 5.79. The van der Waals surface area contributed by atoms with Gasteiger partial charge in [0.1, 0.15) is 12.4 Å². The second-order valence-electron chi connectivity index (χ2n) is 7.91. The van der Waals surface area contributed by atoms with Crippen LogP contribution in [-0.2, 0) is 11.8 Å². The minimum Gasteiger partial charge on any atom is -0.476 e. The Balaban J connectivity index is 1.26. The molecular formula is C25H20N4O6. The van der Waals surface area contributed by atoms with Gasteiger partial charge in [-0.05, 0) is 22.3 Å². The maximum absolute atomic E-state index is 12.7. The van der Waals surface area contributed by atoms with E-state index < -0.39 is 18.0 Å². The highest BCUT2D eigenvalue weighted by Crippen LogP contribution is 2.44. The number of furan rings is 1. The smallest absolute Gasteiger partial charge is 0.411 e. The third kappa shape index (κ3) is 4.12. The molecule has 5 rings (SSSR count). The van der Waals surface area contributed by atoms with Crippen molar-refractivity contribution in [2.24, 2.45) is 7.05 Å². The number of nitrogens with one attached hydrogen (secondary N) is 2. The molecule has 0 aliphatic heterocycles. The van der Waals surface area contributed by atoms with Crippen LogP contribution in [0.15, 0.2) is 71.3 Å². The number of fused-ring (bicyclic) bond motifs is 3. The van der Waals surface area contributed by atoms with Crippen LogP contribution in [-0.4, -0.2) is 39.5 Å². The van der Waals surface area contributed by atoms with Crippen molar-refractivity contribution in [3.8, 4) is 11.1 Å². The predicted octanol–water partition coefficient (Wildman–Crippen LogP) is 4.32. The molecule has 0 fully saturated rings. The number of carbonyl (C=O) groups excluding carboxylic acids is 2. The number of aryl methyl sites for hydroxylation is 1. The van der Waals surface area contributed by atoms with Crippen LogP contribution >= 0.6 is 0 Å². The minimum absolute atomic E-state index is 0.103. The number of ether oxygens (including phenoxy) is 1. The van der Waals surface area contributed by atoms with Crippen molar-refractivity contribution in [3.63, 3.8) is 0 Å². The van der Waals surface area contributed by atoms with Gasteiger partial charge < -0.3 is 19.6 Å². The van der Waals surface area contributed by atoms with Crippen LogP contribution in [0.2, 0.25) is 0 Å². The first kappa shape index (κ1) is 22.0. The van der Waals surface area contributed by atoms with E-state index in [0.717, 1.165) is 22.3 Å². The van der Waals surface area contributed by atoms with Gasteiger partial charge in [0.2, 0.25) is 5.76 Å². The average molecular weight is 472 g/mol. The Hall–Kier alpha value is -4.86. The summed E-state index contributed by atoms with van der Waals surface area (Å²) < 4.78 is 12.0. The molecule has 10 nitrogen and oxygen atoms in total. The molecule has 0 bridgehead atoms. The fourth-order valence-corrected chi connectivity index (χ4v) is 4.19. The Kier molecular flexibility index (Phi) is 5.54. The van der Waals surface area contributed by atoms with E-state index in [1.165, 1.54) is 30.1 Å². The summed E-state index contributed by atoms with van der Waals surface area (Å²) in [6.07, 6.45) is 0.510. The summed E-state index contributed by atoms with van der Waals surface area (Å²) in [6, 6.07) is 18.6. The van der Waals surface area contributed by atoms with Crippen LogP contribution in [0, 0.1) is 0 Å². The fourth-order valence-electron chi connectivity index (χ4n) is 4.19. The Morgan fingerprint density at radius 3 is 2.31 bits per heavy atom. The number of hydrogen-bond acceptors (Lipinski definition) is 6. The standard InChI is InChI=1S/C25H20N4O6/c1-29-21(12-20(28-29)24(31)32)27-23(30)22-19(10-11-34-22)26-25(33)35-13-18-16-8-4-2-6-14(16)15-7-3-5-9-17(15)18/h2-12,18H,13H2,1H3,(H,26,33)(H,27,30)(H,31,32). The Morgan fingerprint density at radius 1 is 1.03 bits per heavy atom. The van der Waals surface area contributed by atoms with E-state index in [0.29, 0.717) is 0 Å². The normalized spacial score (nSPS) is 12.0. The second kappa shape index (κ2) is 8.82. The van der Waals surface area contributed by atoms with Gasteiger partial charge in [0.15, 0.2) is 5.69 Å². The number of aromatic carboxylic acids is 1. The molecule has 10 heteroatoms. The highest BCUT2D eigenvalue weighted by Gasteiger charge is 2.29. The van der Waals surface area contributed by atoms with Gasteiger partial charge in [-0.25, -0.2) is 9.59 Å². The molecule has 176 valence electrons. The van der Waals surface area contributed by atoms with Gasteiger partial charge >= 0.3 is 12.1 Å². The van der Waals surface area contributed by atoms with Crippen molar-refractivity contribution in [1.82, 2.24) is 9.78 Å². The Bertz CT molecular complexity index is 1410. The van der Waals surface area contributed by atoms with E-state index >= 15 is 0 Å². The molecule has 0 unspecified atom stereocenters. The number of hydrogen-bond donors (Lipinski definition) is 3. The Labute approximate surface area is 199 Å². The van der Waals surface area contributed by atoms with E-state index in [1.807, 2.05) is 48.5 Å². The van der Waals surface area contributed by atoms with Crippen LogP contribution in [0.3, 0.4) is 0 Å². The predicted molar refractivity (Wildman–Crippen MR) is 126 cm³/mol. The Morgan fingerprint density at radius 2 is 1.69 bits per heavy atom. The topological polar surface area (TPSA) is 136 Å². The van der Waals surface area contributed by atoms with Gasteiger partial charge in [0.25, 0.3) is 5.91 Å². The SMILES string of the molecule is Cn1nc(C(=O)O)cc1NC(=O)c1occc1NC(=O)OCC1c2ccccc2-c2ccccc21. The number of carboxylic acid groups (broad SMARTS) is 1. The number of amides is 2. The first-order valence-electron chi connectivity index (χ1n) is 10.7. The lowest BCUT2D eigenvalue weighted by Gasteiger charge is -2.14. The molecule has 0 saturated heterocycles. The van der Waals surface area contributed by atoms with Crippen LogP contribution in [0.4, 0.5) is 16.3 Å². The third-order valence-corrected chi connectivity index (χ3v) is 5.79. The fraction of sp³-hybridized carbons (Fsp3) is 0.120. The van der Waals surface area contributed by atoms with Gasteiger partial charge in [-0.2, -0.15) is 5.10 Å². The van der Waals surface area contributed by atoms with Crippen molar-refractivity contribution < 1.29 is 28.6 Å². The minimum atomic E-state index is -1.23. The van der Waals surface area contributed by atoms with Crippen molar-refractivity contribution in [1.29, 1.82) is 0 Å². The van der Waals surface area contributed by atoms with E-state index in [9.17, 15) is 14.4 Å². The maximum atomic E-state index is 12.7. The van der Waals surface area contributed by atoms with Crippen molar-refractivity contribution in [3.05, 3.63) is 89.5 Å². The number of anilines is 2. The largest absolute Gasteiger partial charge is 0.476 e. The molecule has 0 saturated carbocycles. The summed E-state index contributed by atoms with van der Waals surface area (Å²) in [7, 11) is 1.49. The van der Waals surface area contributed by atoms with Crippen LogP contribution in [0.5, 0.6) is 0 Å². The molecule has 2 amide bonds. The summed E-state index contributed by atoms with van der Waals surface area (Å²) in [5, 5.41) is 17.9. The summed E-state index contributed by atoms with van der Waals surface area (Å²) in [6.45, 7) is 0.117. The monoisotopic (exact) mass is 472 g/mol. The second-order valence-corrected chi connectivity index (χ2v) is 7.91. The lowest BCUT2D eigenvalue weighted by molar-refractivity contribution is 0.0689. The molecule has 3 N–H and O–H groups in total. The molecule has 0 spiro atoms. The van der Waals surface area contributed by atoms with Gasteiger partial charge in [-0.3, -0.25) is 14.8 Å². The van der Waals surface area contributed by atoms with Gasteiger partial charge in [0, 0.05) is 25.1 Å². The molecule has 1 aliphatic carbocycles. The number of carboxylic acids is 1. The molecule has 2 aromatic heterocycles. The van der Waals surface area contributed by atoms with E-state index in [-0.39, 0.29) is 35.5 Å². The molecular weight excluding hydrogens is 452 g/mol. The number of carbonyl (C=O) groups is 3. The molecule has 2 aromatic carbocycles. The summed E-state index contributed by atoms with van der Waals surface area (Å²) >= 11 is 0.